The molecule has 1 aliphatic heterocycles. The zero-order valence-corrected chi connectivity index (χ0v) is 7.65. The molecular formula is C12H14O. The van der Waals surface area contributed by atoms with Crippen LogP contribution in [0.1, 0.15) is 12.0 Å². The SMILES string of the molecule is C(=CC1CCOC1)c1ccccc1. The molecule has 1 atom stereocenters. The molecule has 1 aliphatic rings. The summed E-state index contributed by atoms with van der Waals surface area (Å²) in [6.07, 6.45) is 5.60. The minimum Gasteiger partial charge on any atom is -0.381 e. The first-order chi connectivity index (χ1) is 6.45. The quantitative estimate of drug-likeness (QED) is 0.670. The molecule has 0 radical (unpaired) electrons. The standard InChI is InChI=1S/C12H14O/c1-2-4-11(5-3-1)6-7-12-8-9-13-10-12/h1-7,12H,8-10H2. The Kier molecular flexibility index (Phi) is 2.78. The molecule has 1 nitrogen and oxygen atoms in total. The van der Waals surface area contributed by atoms with Gasteiger partial charge in [0.25, 0.3) is 0 Å². The van der Waals surface area contributed by atoms with Crippen molar-refractivity contribution in [2.75, 3.05) is 13.2 Å². The van der Waals surface area contributed by atoms with Crippen LogP contribution >= 0.6 is 0 Å². The van der Waals surface area contributed by atoms with E-state index in [-0.39, 0.29) is 0 Å². The third-order valence-corrected chi connectivity index (χ3v) is 2.33. The van der Waals surface area contributed by atoms with Crippen molar-refractivity contribution in [3.63, 3.8) is 0 Å². The largest absolute Gasteiger partial charge is 0.381 e. The first kappa shape index (κ1) is 8.52. The van der Waals surface area contributed by atoms with Crippen LogP contribution in [-0.2, 0) is 4.74 Å². The van der Waals surface area contributed by atoms with E-state index in [4.69, 9.17) is 4.74 Å². The topological polar surface area (TPSA) is 9.23 Å². The molecule has 0 spiro atoms. The molecule has 1 aromatic rings. The van der Waals surface area contributed by atoms with E-state index in [0.29, 0.717) is 5.92 Å². The van der Waals surface area contributed by atoms with Gasteiger partial charge in [0.2, 0.25) is 0 Å². The van der Waals surface area contributed by atoms with Crippen molar-refractivity contribution in [2.24, 2.45) is 5.92 Å². The van der Waals surface area contributed by atoms with E-state index in [1.165, 1.54) is 12.0 Å². The average molecular weight is 174 g/mol. The van der Waals surface area contributed by atoms with Crippen LogP contribution in [0.3, 0.4) is 0 Å². The van der Waals surface area contributed by atoms with E-state index in [1.54, 1.807) is 0 Å². The van der Waals surface area contributed by atoms with Gasteiger partial charge in [-0.2, -0.15) is 0 Å². The summed E-state index contributed by atoms with van der Waals surface area (Å²) in [6.45, 7) is 1.81. The predicted molar refractivity (Wildman–Crippen MR) is 54.4 cm³/mol. The van der Waals surface area contributed by atoms with Crippen molar-refractivity contribution >= 4 is 6.08 Å². The Bertz CT molecular complexity index is 270. The van der Waals surface area contributed by atoms with Crippen LogP contribution in [0.25, 0.3) is 6.08 Å². The van der Waals surface area contributed by atoms with Crippen molar-refractivity contribution < 1.29 is 4.74 Å². The van der Waals surface area contributed by atoms with E-state index in [9.17, 15) is 0 Å². The molecule has 0 N–H and O–H groups in total. The summed E-state index contributed by atoms with van der Waals surface area (Å²) < 4.78 is 5.29. The monoisotopic (exact) mass is 174 g/mol. The summed E-state index contributed by atoms with van der Waals surface area (Å²) in [7, 11) is 0. The molecule has 1 heteroatoms. The number of benzene rings is 1. The molecule has 0 saturated carbocycles. The minimum atomic E-state index is 0.625. The van der Waals surface area contributed by atoms with Crippen LogP contribution in [0.15, 0.2) is 36.4 Å². The maximum Gasteiger partial charge on any atom is 0.0529 e. The van der Waals surface area contributed by atoms with Gasteiger partial charge in [-0.25, -0.2) is 0 Å². The molecule has 1 unspecified atom stereocenters. The highest BCUT2D eigenvalue weighted by Gasteiger charge is 2.11. The summed E-state index contributed by atoms with van der Waals surface area (Å²) in [6, 6.07) is 10.4. The molecule has 13 heavy (non-hydrogen) atoms. The lowest BCUT2D eigenvalue weighted by atomic mass is 10.1. The maximum absolute atomic E-state index is 5.29. The van der Waals surface area contributed by atoms with Gasteiger partial charge in [0.1, 0.15) is 0 Å². The molecule has 0 bridgehead atoms. The zero-order valence-electron chi connectivity index (χ0n) is 7.65. The molecule has 1 heterocycles. The van der Waals surface area contributed by atoms with E-state index >= 15 is 0 Å². The van der Waals surface area contributed by atoms with E-state index in [1.807, 2.05) is 6.07 Å². The second kappa shape index (κ2) is 4.24. The third-order valence-electron chi connectivity index (χ3n) is 2.33. The van der Waals surface area contributed by atoms with Crippen LogP contribution in [0.4, 0.5) is 0 Å². The van der Waals surface area contributed by atoms with Crippen LogP contribution in [-0.4, -0.2) is 13.2 Å². The van der Waals surface area contributed by atoms with Crippen molar-refractivity contribution in [3.05, 3.63) is 42.0 Å². The molecule has 1 fully saturated rings. The van der Waals surface area contributed by atoms with E-state index in [0.717, 1.165) is 13.2 Å². The Hall–Kier alpha value is -1.08. The fraction of sp³-hybridized carbons (Fsp3) is 0.333. The summed E-state index contributed by atoms with van der Waals surface area (Å²) in [5, 5.41) is 0. The van der Waals surface area contributed by atoms with Gasteiger partial charge >= 0.3 is 0 Å². The van der Waals surface area contributed by atoms with Gasteiger partial charge in [0.15, 0.2) is 0 Å². The number of ether oxygens (including phenoxy) is 1. The normalized spacial score (nSPS) is 22.6. The average Bonchev–Trinajstić information content (AvgIpc) is 2.69. The van der Waals surface area contributed by atoms with Gasteiger partial charge in [-0.15, -0.1) is 0 Å². The summed E-state index contributed by atoms with van der Waals surface area (Å²) >= 11 is 0. The fourth-order valence-corrected chi connectivity index (χ4v) is 1.52. The zero-order chi connectivity index (χ0) is 8.93. The smallest absolute Gasteiger partial charge is 0.0529 e. The molecule has 0 aromatic heterocycles. The first-order valence-corrected chi connectivity index (χ1v) is 4.76. The Labute approximate surface area is 79.0 Å². The van der Waals surface area contributed by atoms with Gasteiger partial charge < -0.3 is 4.74 Å². The summed E-state index contributed by atoms with van der Waals surface area (Å²) in [5.41, 5.74) is 1.27. The highest BCUT2D eigenvalue weighted by molar-refractivity contribution is 5.48. The molecule has 68 valence electrons. The molecule has 1 aromatic carbocycles. The number of hydrogen-bond acceptors (Lipinski definition) is 1. The van der Waals surface area contributed by atoms with Crippen LogP contribution < -0.4 is 0 Å². The minimum absolute atomic E-state index is 0.625. The Morgan fingerprint density at radius 1 is 1.23 bits per heavy atom. The first-order valence-electron chi connectivity index (χ1n) is 4.76. The van der Waals surface area contributed by atoms with Crippen molar-refractivity contribution in [1.82, 2.24) is 0 Å². The predicted octanol–water partition coefficient (Wildman–Crippen LogP) is 2.74. The fourth-order valence-electron chi connectivity index (χ4n) is 1.52. The highest BCUT2D eigenvalue weighted by Crippen LogP contribution is 2.15. The van der Waals surface area contributed by atoms with E-state index in [2.05, 4.69) is 36.4 Å². The second-order valence-corrected chi connectivity index (χ2v) is 3.39. The van der Waals surface area contributed by atoms with Crippen molar-refractivity contribution in [2.45, 2.75) is 6.42 Å². The second-order valence-electron chi connectivity index (χ2n) is 3.39. The van der Waals surface area contributed by atoms with Crippen LogP contribution in [0, 0.1) is 5.92 Å². The lowest BCUT2D eigenvalue weighted by Gasteiger charge is -1.97. The van der Waals surface area contributed by atoms with Crippen molar-refractivity contribution in [1.29, 1.82) is 0 Å². The summed E-state index contributed by atoms with van der Waals surface area (Å²) in [4.78, 5) is 0. The Morgan fingerprint density at radius 3 is 2.77 bits per heavy atom. The molecule has 0 aliphatic carbocycles. The maximum atomic E-state index is 5.29. The molecular weight excluding hydrogens is 160 g/mol. The molecule has 1 saturated heterocycles. The number of rotatable bonds is 2. The van der Waals surface area contributed by atoms with E-state index < -0.39 is 0 Å². The van der Waals surface area contributed by atoms with Gasteiger partial charge in [0.05, 0.1) is 6.61 Å². The number of hydrogen-bond donors (Lipinski definition) is 0. The van der Waals surface area contributed by atoms with Crippen molar-refractivity contribution in [3.8, 4) is 0 Å². The van der Waals surface area contributed by atoms with Crippen LogP contribution in [0.2, 0.25) is 0 Å². The lowest BCUT2D eigenvalue weighted by molar-refractivity contribution is 0.191. The van der Waals surface area contributed by atoms with Gasteiger partial charge in [-0.3, -0.25) is 0 Å². The lowest BCUT2D eigenvalue weighted by Crippen LogP contribution is -1.92. The third kappa shape index (κ3) is 2.43. The Balaban J connectivity index is 1.97. The van der Waals surface area contributed by atoms with Gasteiger partial charge in [-0.05, 0) is 12.0 Å². The van der Waals surface area contributed by atoms with Crippen LogP contribution in [0.5, 0.6) is 0 Å². The molecule has 0 amide bonds. The highest BCUT2D eigenvalue weighted by atomic mass is 16.5. The Morgan fingerprint density at radius 2 is 2.08 bits per heavy atom. The van der Waals surface area contributed by atoms with Gasteiger partial charge in [-0.1, -0.05) is 42.5 Å². The van der Waals surface area contributed by atoms with Gasteiger partial charge in [0, 0.05) is 12.5 Å². The summed E-state index contributed by atoms with van der Waals surface area (Å²) in [5.74, 6) is 0.625. The molecule has 2 rings (SSSR count).